The number of fused-ring (bicyclic) bond motifs is 1. The molecule has 2 rings (SSSR count). The normalized spacial score (nSPS) is 13.6. The van der Waals surface area contributed by atoms with Gasteiger partial charge in [0.2, 0.25) is 0 Å². The molecular weight excluding hydrogens is 234 g/mol. The monoisotopic (exact) mass is 245 g/mol. The number of rotatable bonds is 2. The average Bonchev–Trinajstić information content (AvgIpc) is 2.54. The lowest BCUT2D eigenvalue weighted by molar-refractivity contribution is -0.163. The van der Waals surface area contributed by atoms with Gasteiger partial charge in [0, 0.05) is 5.57 Å². The number of hydrogen-bond donors (Lipinski definition) is 0. The first kappa shape index (κ1) is 12.0. The van der Waals surface area contributed by atoms with Crippen LogP contribution in [0.3, 0.4) is 0 Å². The van der Waals surface area contributed by atoms with E-state index in [1.165, 1.54) is 6.92 Å². The van der Waals surface area contributed by atoms with Crippen molar-refractivity contribution in [2.24, 2.45) is 0 Å². The minimum atomic E-state index is -0.804. The molecule has 0 aromatic heterocycles. The van der Waals surface area contributed by atoms with Gasteiger partial charge in [0.1, 0.15) is 0 Å². The van der Waals surface area contributed by atoms with Crippen LogP contribution in [0.15, 0.2) is 30.4 Å². The standard InChI is InChI=1S/C13H11NO4/c1-7(2)13(17)18-14-11(15)9-5-4-8(3)6-10(9)12(14)16/h4-6H,1H2,2-3H3. The maximum atomic E-state index is 11.9. The average molecular weight is 245 g/mol. The highest BCUT2D eigenvalue weighted by Crippen LogP contribution is 2.24. The van der Waals surface area contributed by atoms with Crippen LogP contribution in [0.25, 0.3) is 0 Å². The summed E-state index contributed by atoms with van der Waals surface area (Å²) in [5.74, 6) is -2.07. The second-order valence-corrected chi connectivity index (χ2v) is 4.11. The van der Waals surface area contributed by atoms with E-state index in [9.17, 15) is 14.4 Å². The lowest BCUT2D eigenvalue weighted by Gasteiger charge is -2.12. The largest absolute Gasteiger partial charge is 0.359 e. The molecule has 1 aliphatic heterocycles. The zero-order valence-electron chi connectivity index (χ0n) is 10.0. The Bertz CT molecular complexity index is 589. The van der Waals surface area contributed by atoms with Crippen molar-refractivity contribution in [3.63, 3.8) is 0 Å². The van der Waals surface area contributed by atoms with Crippen LogP contribution < -0.4 is 0 Å². The van der Waals surface area contributed by atoms with Crippen LogP contribution in [-0.4, -0.2) is 22.8 Å². The summed E-state index contributed by atoms with van der Waals surface area (Å²) in [6.07, 6.45) is 0. The first-order valence-corrected chi connectivity index (χ1v) is 5.29. The van der Waals surface area contributed by atoms with Crippen molar-refractivity contribution in [2.75, 3.05) is 0 Å². The molecule has 1 aromatic rings. The quantitative estimate of drug-likeness (QED) is 0.586. The number of hydroxylamine groups is 2. The van der Waals surface area contributed by atoms with E-state index in [1.54, 1.807) is 25.1 Å². The van der Waals surface area contributed by atoms with Gasteiger partial charge in [0.25, 0.3) is 11.8 Å². The maximum absolute atomic E-state index is 11.9. The number of carbonyl (C=O) groups is 3. The van der Waals surface area contributed by atoms with Crippen molar-refractivity contribution in [3.05, 3.63) is 47.0 Å². The zero-order chi connectivity index (χ0) is 13.4. The number of benzene rings is 1. The Morgan fingerprint density at radius 3 is 2.44 bits per heavy atom. The van der Waals surface area contributed by atoms with Gasteiger partial charge < -0.3 is 4.84 Å². The lowest BCUT2D eigenvalue weighted by atomic mass is 10.1. The number of aryl methyl sites for hydroxylation is 1. The van der Waals surface area contributed by atoms with Gasteiger partial charge in [-0.25, -0.2) is 4.79 Å². The smallest absolute Gasteiger partial charge is 0.325 e. The van der Waals surface area contributed by atoms with Crippen molar-refractivity contribution < 1.29 is 19.2 Å². The van der Waals surface area contributed by atoms with Crippen LogP contribution >= 0.6 is 0 Å². The Morgan fingerprint density at radius 2 is 1.83 bits per heavy atom. The van der Waals surface area contributed by atoms with Crippen LogP contribution in [0, 0.1) is 6.92 Å². The molecular formula is C13H11NO4. The highest BCUT2D eigenvalue weighted by atomic mass is 16.7. The second-order valence-electron chi connectivity index (χ2n) is 4.11. The van der Waals surface area contributed by atoms with E-state index in [0.717, 1.165) is 5.56 Å². The zero-order valence-corrected chi connectivity index (χ0v) is 10.0. The van der Waals surface area contributed by atoms with Crippen molar-refractivity contribution >= 4 is 17.8 Å². The Hall–Kier alpha value is -2.43. The number of carbonyl (C=O) groups excluding carboxylic acids is 3. The molecule has 0 N–H and O–H groups in total. The second kappa shape index (κ2) is 4.10. The molecule has 0 saturated carbocycles. The van der Waals surface area contributed by atoms with Crippen molar-refractivity contribution in [1.29, 1.82) is 0 Å². The molecule has 0 aliphatic carbocycles. The summed E-state index contributed by atoms with van der Waals surface area (Å²) in [7, 11) is 0. The molecule has 92 valence electrons. The first-order chi connectivity index (χ1) is 8.41. The topological polar surface area (TPSA) is 63.7 Å². The molecule has 5 heteroatoms. The van der Waals surface area contributed by atoms with Gasteiger partial charge >= 0.3 is 5.97 Å². The van der Waals surface area contributed by atoms with Gasteiger partial charge in [-0.1, -0.05) is 23.3 Å². The predicted molar refractivity (Wildman–Crippen MR) is 62.6 cm³/mol. The van der Waals surface area contributed by atoms with Crippen molar-refractivity contribution in [1.82, 2.24) is 5.06 Å². The number of hydrogen-bond acceptors (Lipinski definition) is 4. The SMILES string of the molecule is C=C(C)C(=O)ON1C(=O)c2ccc(C)cc2C1=O. The highest BCUT2D eigenvalue weighted by molar-refractivity contribution is 6.21. The van der Waals surface area contributed by atoms with E-state index in [4.69, 9.17) is 4.84 Å². The third kappa shape index (κ3) is 1.79. The molecule has 0 spiro atoms. The van der Waals surface area contributed by atoms with Crippen molar-refractivity contribution in [3.8, 4) is 0 Å². The minimum absolute atomic E-state index is 0.114. The molecule has 0 atom stereocenters. The summed E-state index contributed by atoms with van der Waals surface area (Å²) in [6.45, 7) is 6.63. The van der Waals surface area contributed by atoms with Gasteiger partial charge in [-0.3, -0.25) is 9.59 Å². The third-order valence-electron chi connectivity index (χ3n) is 2.53. The Balaban J connectivity index is 2.34. The third-order valence-corrected chi connectivity index (χ3v) is 2.53. The van der Waals surface area contributed by atoms with Crippen LogP contribution in [0.5, 0.6) is 0 Å². The van der Waals surface area contributed by atoms with Gasteiger partial charge in [-0.2, -0.15) is 0 Å². The molecule has 0 saturated heterocycles. The fourth-order valence-corrected chi connectivity index (χ4v) is 1.58. The Kier molecular flexibility index (Phi) is 2.74. The first-order valence-electron chi connectivity index (χ1n) is 5.29. The summed E-state index contributed by atoms with van der Waals surface area (Å²) in [5, 5.41) is 0.473. The molecule has 18 heavy (non-hydrogen) atoms. The number of imide groups is 1. The summed E-state index contributed by atoms with van der Waals surface area (Å²) < 4.78 is 0. The summed E-state index contributed by atoms with van der Waals surface area (Å²) in [4.78, 5) is 39.8. The molecule has 0 radical (unpaired) electrons. The lowest BCUT2D eigenvalue weighted by Crippen LogP contribution is -2.32. The van der Waals surface area contributed by atoms with E-state index < -0.39 is 17.8 Å². The minimum Gasteiger partial charge on any atom is -0.325 e. The summed E-state index contributed by atoms with van der Waals surface area (Å²) in [6, 6.07) is 4.84. The number of nitrogens with zero attached hydrogens (tertiary/aromatic N) is 1. The summed E-state index contributed by atoms with van der Waals surface area (Å²) in [5.41, 5.74) is 1.44. The molecule has 1 heterocycles. The Morgan fingerprint density at radius 1 is 1.22 bits per heavy atom. The van der Waals surface area contributed by atoms with E-state index in [-0.39, 0.29) is 16.7 Å². The van der Waals surface area contributed by atoms with Crippen molar-refractivity contribution in [2.45, 2.75) is 13.8 Å². The maximum Gasteiger partial charge on any atom is 0.359 e. The van der Waals surface area contributed by atoms with Crippen LogP contribution in [0.1, 0.15) is 33.2 Å². The number of amides is 2. The molecule has 0 fully saturated rings. The molecule has 1 aliphatic rings. The van der Waals surface area contributed by atoms with Gasteiger partial charge in [-0.15, -0.1) is 0 Å². The Labute approximate surface area is 104 Å². The van der Waals surface area contributed by atoms with Gasteiger partial charge in [-0.05, 0) is 26.0 Å². The van der Waals surface area contributed by atoms with Crippen LogP contribution in [0.2, 0.25) is 0 Å². The molecule has 0 bridgehead atoms. The molecule has 5 nitrogen and oxygen atoms in total. The summed E-state index contributed by atoms with van der Waals surface area (Å²) >= 11 is 0. The molecule has 1 aromatic carbocycles. The van der Waals surface area contributed by atoms with E-state index in [0.29, 0.717) is 5.06 Å². The fraction of sp³-hybridized carbons (Fsp3) is 0.154. The predicted octanol–water partition coefficient (Wildman–Crippen LogP) is 1.63. The van der Waals surface area contributed by atoms with Crippen LogP contribution in [-0.2, 0) is 9.63 Å². The van der Waals surface area contributed by atoms with Gasteiger partial charge in [0.15, 0.2) is 0 Å². The molecule has 2 amide bonds. The van der Waals surface area contributed by atoms with Crippen LogP contribution in [0.4, 0.5) is 0 Å². The fourth-order valence-electron chi connectivity index (χ4n) is 1.58. The van der Waals surface area contributed by atoms with E-state index in [1.807, 2.05) is 0 Å². The van der Waals surface area contributed by atoms with Gasteiger partial charge in [0.05, 0.1) is 11.1 Å². The highest BCUT2D eigenvalue weighted by Gasteiger charge is 2.38. The molecule has 0 unspecified atom stereocenters. The van der Waals surface area contributed by atoms with E-state index >= 15 is 0 Å². The van der Waals surface area contributed by atoms with E-state index in [2.05, 4.69) is 6.58 Å².